The molecule has 1 aromatic rings. The Hall–Kier alpha value is -1.96. The number of ether oxygens (including phenoxy) is 1. The molecule has 0 unspecified atom stereocenters. The molecular weight excluding hydrogens is 345 g/mol. The zero-order valence-electron chi connectivity index (χ0n) is 15.1. The summed E-state index contributed by atoms with van der Waals surface area (Å²) in [5, 5.41) is 2.86. The predicted molar refractivity (Wildman–Crippen MR) is 97.4 cm³/mol. The SMILES string of the molecule is CN(CCCN=C(N)Nc1ccc(OC(F)(F)F)cc1)C1CCCCC1. The van der Waals surface area contributed by atoms with Gasteiger partial charge in [0.1, 0.15) is 5.75 Å². The second-order valence-electron chi connectivity index (χ2n) is 6.59. The lowest BCUT2D eigenvalue weighted by molar-refractivity contribution is -0.274. The van der Waals surface area contributed by atoms with Gasteiger partial charge in [-0.3, -0.25) is 4.99 Å². The molecular formula is C18H27F3N4O. The van der Waals surface area contributed by atoms with Crippen LogP contribution < -0.4 is 15.8 Å². The predicted octanol–water partition coefficient (Wildman–Crippen LogP) is 3.97. The molecule has 0 aliphatic heterocycles. The topological polar surface area (TPSA) is 62.9 Å². The van der Waals surface area contributed by atoms with Gasteiger partial charge in [-0.15, -0.1) is 13.2 Å². The smallest absolute Gasteiger partial charge is 0.406 e. The Morgan fingerprint density at radius 1 is 1.23 bits per heavy atom. The Kier molecular flexibility index (Phi) is 7.56. The molecule has 0 aromatic heterocycles. The summed E-state index contributed by atoms with van der Waals surface area (Å²) in [5.41, 5.74) is 6.37. The van der Waals surface area contributed by atoms with E-state index in [2.05, 4.69) is 27.0 Å². The van der Waals surface area contributed by atoms with Crippen molar-refractivity contribution in [3.05, 3.63) is 24.3 Å². The lowest BCUT2D eigenvalue weighted by Crippen LogP contribution is -2.34. The van der Waals surface area contributed by atoms with Crippen LogP contribution in [0.2, 0.25) is 0 Å². The molecule has 8 heteroatoms. The first-order chi connectivity index (χ1) is 12.3. The molecule has 0 radical (unpaired) electrons. The molecule has 0 spiro atoms. The maximum absolute atomic E-state index is 12.1. The van der Waals surface area contributed by atoms with Crippen LogP contribution in [0.3, 0.4) is 0 Å². The molecule has 1 fully saturated rings. The first kappa shape index (κ1) is 20.4. The second-order valence-corrected chi connectivity index (χ2v) is 6.59. The maximum atomic E-state index is 12.1. The quantitative estimate of drug-likeness (QED) is 0.432. The summed E-state index contributed by atoms with van der Waals surface area (Å²) in [6.45, 7) is 1.58. The molecule has 146 valence electrons. The Bertz CT molecular complexity index is 569. The van der Waals surface area contributed by atoms with E-state index in [9.17, 15) is 13.2 Å². The molecule has 1 saturated carbocycles. The number of guanidine groups is 1. The van der Waals surface area contributed by atoms with Crippen LogP contribution in [0.15, 0.2) is 29.3 Å². The van der Waals surface area contributed by atoms with Gasteiger partial charge in [0.2, 0.25) is 0 Å². The van der Waals surface area contributed by atoms with Crippen molar-refractivity contribution in [1.29, 1.82) is 0 Å². The number of halogens is 3. The number of benzene rings is 1. The van der Waals surface area contributed by atoms with Crippen LogP contribution >= 0.6 is 0 Å². The van der Waals surface area contributed by atoms with Gasteiger partial charge in [0.05, 0.1) is 0 Å². The third kappa shape index (κ3) is 7.51. The average molecular weight is 372 g/mol. The van der Waals surface area contributed by atoms with Gasteiger partial charge in [-0.1, -0.05) is 19.3 Å². The number of nitrogens with one attached hydrogen (secondary N) is 1. The molecule has 1 aliphatic rings. The summed E-state index contributed by atoms with van der Waals surface area (Å²) in [4.78, 5) is 6.66. The Morgan fingerprint density at radius 3 is 2.50 bits per heavy atom. The summed E-state index contributed by atoms with van der Waals surface area (Å²) in [6.07, 6.45) is 2.75. The fourth-order valence-electron chi connectivity index (χ4n) is 3.15. The highest BCUT2D eigenvalue weighted by Gasteiger charge is 2.30. The highest BCUT2D eigenvalue weighted by Crippen LogP contribution is 2.24. The van der Waals surface area contributed by atoms with Gasteiger partial charge in [0, 0.05) is 18.3 Å². The van der Waals surface area contributed by atoms with Crippen molar-refractivity contribution in [3.8, 4) is 5.75 Å². The number of aliphatic imine (C=N–C) groups is 1. The van der Waals surface area contributed by atoms with Crippen molar-refractivity contribution in [3.63, 3.8) is 0 Å². The van der Waals surface area contributed by atoms with Gasteiger partial charge < -0.3 is 20.7 Å². The number of nitrogens with two attached hydrogens (primary N) is 1. The maximum Gasteiger partial charge on any atom is 0.573 e. The number of alkyl halides is 3. The molecule has 0 heterocycles. The van der Waals surface area contributed by atoms with Crippen LogP contribution in [-0.4, -0.2) is 43.4 Å². The number of nitrogens with zero attached hydrogens (tertiary/aromatic N) is 2. The average Bonchev–Trinajstić information content (AvgIpc) is 2.60. The highest BCUT2D eigenvalue weighted by molar-refractivity contribution is 5.92. The lowest BCUT2D eigenvalue weighted by Gasteiger charge is -2.30. The van der Waals surface area contributed by atoms with Crippen molar-refractivity contribution >= 4 is 11.6 Å². The van der Waals surface area contributed by atoms with Crippen LogP contribution in [0.25, 0.3) is 0 Å². The van der Waals surface area contributed by atoms with Crippen LogP contribution in [-0.2, 0) is 0 Å². The van der Waals surface area contributed by atoms with Gasteiger partial charge in [-0.25, -0.2) is 0 Å². The Morgan fingerprint density at radius 2 is 1.88 bits per heavy atom. The molecule has 0 bridgehead atoms. The van der Waals surface area contributed by atoms with Crippen molar-refractivity contribution in [1.82, 2.24) is 4.90 Å². The summed E-state index contributed by atoms with van der Waals surface area (Å²) in [5.74, 6) is -0.0286. The van der Waals surface area contributed by atoms with Crippen molar-refractivity contribution < 1.29 is 17.9 Å². The van der Waals surface area contributed by atoms with E-state index in [4.69, 9.17) is 5.73 Å². The summed E-state index contributed by atoms with van der Waals surface area (Å²) >= 11 is 0. The van der Waals surface area contributed by atoms with Gasteiger partial charge in [0.25, 0.3) is 0 Å². The fraction of sp³-hybridized carbons (Fsp3) is 0.611. The molecule has 3 N–H and O–H groups in total. The minimum Gasteiger partial charge on any atom is -0.406 e. The fourth-order valence-corrected chi connectivity index (χ4v) is 3.15. The van der Waals surface area contributed by atoms with Crippen LogP contribution in [0.1, 0.15) is 38.5 Å². The first-order valence-corrected chi connectivity index (χ1v) is 8.96. The van der Waals surface area contributed by atoms with Crippen molar-refractivity contribution in [2.24, 2.45) is 10.7 Å². The Labute approximate surface area is 152 Å². The molecule has 1 aliphatic carbocycles. The highest BCUT2D eigenvalue weighted by atomic mass is 19.4. The minimum atomic E-state index is -4.69. The van der Waals surface area contributed by atoms with Crippen molar-refractivity contribution in [2.75, 3.05) is 25.5 Å². The number of rotatable bonds is 7. The van der Waals surface area contributed by atoms with Crippen LogP contribution in [0.4, 0.5) is 18.9 Å². The standard InChI is InChI=1S/C18H27F3N4O/c1-25(15-6-3-2-4-7-15)13-5-12-23-17(22)24-14-8-10-16(11-9-14)26-18(19,20)21/h8-11,15H,2-7,12-13H2,1H3,(H3,22,23,24). The Balaban J connectivity index is 1.70. The first-order valence-electron chi connectivity index (χ1n) is 8.96. The monoisotopic (exact) mass is 372 g/mol. The zero-order chi connectivity index (χ0) is 19.0. The molecule has 2 rings (SSSR count). The van der Waals surface area contributed by atoms with Crippen LogP contribution in [0, 0.1) is 0 Å². The van der Waals surface area contributed by atoms with Gasteiger partial charge in [-0.05, 0) is 57.1 Å². The number of anilines is 1. The van der Waals surface area contributed by atoms with E-state index in [0.29, 0.717) is 18.3 Å². The van der Waals surface area contributed by atoms with Gasteiger partial charge >= 0.3 is 6.36 Å². The number of hydrogen-bond acceptors (Lipinski definition) is 3. The summed E-state index contributed by atoms with van der Waals surface area (Å²) < 4.78 is 40.2. The molecule has 0 saturated heterocycles. The molecule has 26 heavy (non-hydrogen) atoms. The molecule has 0 atom stereocenters. The molecule has 1 aromatic carbocycles. The van der Waals surface area contributed by atoms with E-state index in [1.165, 1.54) is 56.4 Å². The normalized spacial score (nSPS) is 16.7. The van der Waals surface area contributed by atoms with E-state index in [0.717, 1.165) is 13.0 Å². The van der Waals surface area contributed by atoms with E-state index in [1.807, 2.05) is 0 Å². The summed E-state index contributed by atoms with van der Waals surface area (Å²) in [6, 6.07) is 6.05. The van der Waals surface area contributed by atoms with Crippen molar-refractivity contribution in [2.45, 2.75) is 50.9 Å². The summed E-state index contributed by atoms with van der Waals surface area (Å²) in [7, 11) is 2.16. The minimum absolute atomic E-state index is 0.245. The molecule has 0 amide bonds. The number of hydrogen-bond donors (Lipinski definition) is 2. The zero-order valence-corrected chi connectivity index (χ0v) is 15.1. The van der Waals surface area contributed by atoms with E-state index >= 15 is 0 Å². The van der Waals surface area contributed by atoms with Gasteiger partial charge in [0.15, 0.2) is 5.96 Å². The van der Waals surface area contributed by atoms with E-state index in [-0.39, 0.29) is 11.7 Å². The largest absolute Gasteiger partial charge is 0.573 e. The van der Waals surface area contributed by atoms with Gasteiger partial charge in [-0.2, -0.15) is 0 Å². The third-order valence-corrected chi connectivity index (χ3v) is 4.51. The lowest BCUT2D eigenvalue weighted by atomic mass is 9.94. The third-order valence-electron chi connectivity index (χ3n) is 4.51. The van der Waals surface area contributed by atoms with Crippen LogP contribution in [0.5, 0.6) is 5.75 Å². The van der Waals surface area contributed by atoms with E-state index < -0.39 is 6.36 Å². The second kappa shape index (κ2) is 9.66. The van der Waals surface area contributed by atoms with E-state index in [1.54, 1.807) is 0 Å². The molecule has 5 nitrogen and oxygen atoms in total.